The van der Waals surface area contributed by atoms with Gasteiger partial charge in [-0.05, 0) is 51.4 Å². The zero-order valence-corrected chi connectivity index (χ0v) is 39.9. The summed E-state index contributed by atoms with van der Waals surface area (Å²) in [5, 5.41) is 0. The molecule has 0 aliphatic rings. The summed E-state index contributed by atoms with van der Waals surface area (Å²) < 4.78 is 34.3. The van der Waals surface area contributed by atoms with Crippen molar-refractivity contribution in [2.75, 3.05) is 47.5 Å². The Labute approximate surface area is 363 Å². The molecule has 0 rings (SSSR count). The average Bonchev–Trinajstić information content (AvgIpc) is 3.19. The summed E-state index contributed by atoms with van der Waals surface area (Å²) in [6.45, 7) is 4.40. The first-order valence-electron chi connectivity index (χ1n) is 24.2. The van der Waals surface area contributed by atoms with Gasteiger partial charge in [0.2, 0.25) is 0 Å². The first kappa shape index (κ1) is 57.2. The molecule has 0 amide bonds. The molecule has 2 atom stereocenters. The maximum Gasteiger partial charge on any atom is 0.472 e. The van der Waals surface area contributed by atoms with Crippen LogP contribution in [0.25, 0.3) is 0 Å². The molecule has 0 radical (unpaired) electrons. The molecule has 0 heterocycles. The molecule has 0 aromatic carbocycles. The van der Waals surface area contributed by atoms with Gasteiger partial charge in [0, 0.05) is 12.8 Å². The molecule has 0 saturated heterocycles. The standard InChI is InChI=1S/C49H92NO8P/c1-6-8-10-12-14-16-18-19-20-21-22-23-24-25-26-27-28-29-30-31-32-34-36-38-40-42-49(52)58-47(46-57-59(53,54)56-44-43-50(3,4)5)45-55-48(51)41-39-37-35-33-17-15-13-11-9-7-2/h18-19,21-22,24-25,47H,6-17,20,23,26-46H2,1-5H3/p+1/b19-18-,22-21-,25-24-. The van der Waals surface area contributed by atoms with Crippen LogP contribution in [-0.2, 0) is 32.7 Å². The molecule has 0 aliphatic heterocycles. The topological polar surface area (TPSA) is 108 Å². The van der Waals surface area contributed by atoms with Crippen LogP contribution in [0.15, 0.2) is 36.5 Å². The summed E-state index contributed by atoms with van der Waals surface area (Å²) >= 11 is 0. The van der Waals surface area contributed by atoms with Crippen molar-refractivity contribution in [2.24, 2.45) is 0 Å². The largest absolute Gasteiger partial charge is 0.472 e. The number of phosphoric acid groups is 1. The van der Waals surface area contributed by atoms with Crippen LogP contribution in [0.5, 0.6) is 0 Å². The van der Waals surface area contributed by atoms with Crippen molar-refractivity contribution in [3.05, 3.63) is 36.5 Å². The number of ether oxygens (including phenoxy) is 2. The van der Waals surface area contributed by atoms with Gasteiger partial charge in [-0.25, -0.2) is 4.57 Å². The van der Waals surface area contributed by atoms with Crippen LogP contribution < -0.4 is 0 Å². The molecule has 346 valence electrons. The van der Waals surface area contributed by atoms with E-state index in [4.69, 9.17) is 18.5 Å². The third-order valence-corrected chi connectivity index (χ3v) is 11.4. The monoisotopic (exact) mass is 855 g/mol. The van der Waals surface area contributed by atoms with Gasteiger partial charge in [0.1, 0.15) is 19.8 Å². The third-order valence-electron chi connectivity index (χ3n) is 10.4. The van der Waals surface area contributed by atoms with E-state index in [0.717, 1.165) is 51.4 Å². The van der Waals surface area contributed by atoms with Crippen LogP contribution in [0, 0.1) is 0 Å². The lowest BCUT2D eigenvalue weighted by atomic mass is 10.0. The van der Waals surface area contributed by atoms with Gasteiger partial charge in [0.25, 0.3) is 0 Å². The van der Waals surface area contributed by atoms with Gasteiger partial charge >= 0.3 is 19.8 Å². The van der Waals surface area contributed by atoms with Crippen molar-refractivity contribution in [1.29, 1.82) is 0 Å². The lowest BCUT2D eigenvalue weighted by Crippen LogP contribution is -2.37. The number of carbonyl (C=O) groups excluding carboxylic acids is 2. The van der Waals surface area contributed by atoms with E-state index in [0.29, 0.717) is 23.9 Å². The second kappa shape index (κ2) is 41.6. The minimum absolute atomic E-state index is 0.0317. The van der Waals surface area contributed by atoms with Gasteiger partial charge in [-0.1, -0.05) is 185 Å². The number of hydrogen-bond acceptors (Lipinski definition) is 7. The van der Waals surface area contributed by atoms with E-state index in [-0.39, 0.29) is 25.6 Å². The van der Waals surface area contributed by atoms with Crippen LogP contribution in [0.4, 0.5) is 0 Å². The van der Waals surface area contributed by atoms with Crippen LogP contribution >= 0.6 is 7.82 Å². The Morgan fingerprint density at radius 2 is 0.915 bits per heavy atom. The number of carbonyl (C=O) groups is 2. The summed E-state index contributed by atoms with van der Waals surface area (Å²) in [5.74, 6) is -0.800. The number of quaternary nitrogens is 1. The van der Waals surface area contributed by atoms with E-state index in [2.05, 4.69) is 50.3 Å². The summed E-state index contributed by atoms with van der Waals surface area (Å²) in [4.78, 5) is 35.4. The van der Waals surface area contributed by atoms with Crippen LogP contribution in [-0.4, -0.2) is 74.9 Å². The normalized spacial score (nSPS) is 13.8. The highest BCUT2D eigenvalue weighted by molar-refractivity contribution is 7.47. The molecule has 0 fully saturated rings. The number of unbranched alkanes of at least 4 members (excludes halogenated alkanes) is 24. The van der Waals surface area contributed by atoms with Gasteiger partial charge in [0.05, 0.1) is 27.7 Å². The molecule has 0 aromatic rings. The highest BCUT2D eigenvalue weighted by Gasteiger charge is 2.27. The van der Waals surface area contributed by atoms with Crippen molar-refractivity contribution >= 4 is 19.8 Å². The van der Waals surface area contributed by atoms with E-state index in [1.807, 2.05) is 21.1 Å². The van der Waals surface area contributed by atoms with E-state index < -0.39 is 26.5 Å². The Balaban J connectivity index is 4.19. The number of likely N-dealkylation sites (N-methyl/N-ethyl adjacent to an activating group) is 1. The first-order valence-corrected chi connectivity index (χ1v) is 25.7. The number of hydrogen-bond donors (Lipinski definition) is 1. The lowest BCUT2D eigenvalue weighted by Gasteiger charge is -2.24. The number of rotatable bonds is 44. The van der Waals surface area contributed by atoms with Crippen molar-refractivity contribution in [3.63, 3.8) is 0 Å². The number of allylic oxidation sites excluding steroid dienone is 6. The molecule has 59 heavy (non-hydrogen) atoms. The zero-order chi connectivity index (χ0) is 43.6. The molecule has 0 aromatic heterocycles. The first-order chi connectivity index (χ1) is 28.5. The second-order valence-electron chi connectivity index (χ2n) is 17.5. The molecular weight excluding hydrogens is 762 g/mol. The van der Waals surface area contributed by atoms with Crippen molar-refractivity contribution in [1.82, 2.24) is 0 Å². The fraction of sp³-hybridized carbons (Fsp3) is 0.837. The van der Waals surface area contributed by atoms with Crippen LogP contribution in [0.2, 0.25) is 0 Å². The fourth-order valence-electron chi connectivity index (χ4n) is 6.61. The highest BCUT2D eigenvalue weighted by Crippen LogP contribution is 2.43. The van der Waals surface area contributed by atoms with Gasteiger partial charge in [-0.2, -0.15) is 0 Å². The lowest BCUT2D eigenvalue weighted by molar-refractivity contribution is -0.870. The summed E-state index contributed by atoms with van der Waals surface area (Å²) in [5.41, 5.74) is 0. The maximum atomic E-state index is 12.7. The Morgan fingerprint density at radius 3 is 1.36 bits per heavy atom. The molecule has 1 N–H and O–H groups in total. The van der Waals surface area contributed by atoms with Gasteiger partial charge in [-0.15, -0.1) is 0 Å². The zero-order valence-electron chi connectivity index (χ0n) is 39.0. The van der Waals surface area contributed by atoms with E-state index in [1.54, 1.807) is 0 Å². The minimum Gasteiger partial charge on any atom is -0.462 e. The highest BCUT2D eigenvalue weighted by atomic mass is 31.2. The molecule has 0 bridgehead atoms. The quantitative estimate of drug-likeness (QED) is 0.0212. The predicted molar refractivity (Wildman–Crippen MR) is 247 cm³/mol. The SMILES string of the molecule is CCCCCCC/C=C\C/C=C\C/C=C\CCCCCCCCCCCCC(=O)OC(COC(=O)CCCCCCCCCCCC)COP(=O)(O)OCC[N+](C)(C)C. The molecule has 0 spiro atoms. The Kier molecular flexibility index (Phi) is 40.3. The maximum absolute atomic E-state index is 12.7. The van der Waals surface area contributed by atoms with E-state index in [9.17, 15) is 19.0 Å². The second-order valence-corrected chi connectivity index (χ2v) is 19.0. The van der Waals surface area contributed by atoms with Gasteiger partial charge in [0.15, 0.2) is 6.10 Å². The van der Waals surface area contributed by atoms with Crippen molar-refractivity contribution < 1.29 is 42.1 Å². The molecule has 0 saturated carbocycles. The third kappa shape index (κ3) is 45.6. The molecule has 10 heteroatoms. The summed E-state index contributed by atoms with van der Waals surface area (Å²) in [6.07, 6.45) is 47.7. The van der Waals surface area contributed by atoms with Gasteiger partial charge in [-0.3, -0.25) is 18.6 Å². The Hall–Kier alpha value is -1.77. The molecule has 2 unspecified atom stereocenters. The van der Waals surface area contributed by atoms with Crippen molar-refractivity contribution in [3.8, 4) is 0 Å². The smallest absolute Gasteiger partial charge is 0.462 e. The predicted octanol–water partition coefficient (Wildman–Crippen LogP) is 14.1. The average molecular weight is 855 g/mol. The van der Waals surface area contributed by atoms with E-state index >= 15 is 0 Å². The van der Waals surface area contributed by atoms with Crippen LogP contribution in [0.1, 0.15) is 213 Å². The molecule has 0 aliphatic carbocycles. The number of nitrogens with zero attached hydrogens (tertiary/aromatic N) is 1. The Bertz CT molecular complexity index is 1100. The number of phosphoric ester groups is 1. The van der Waals surface area contributed by atoms with Gasteiger partial charge < -0.3 is 18.9 Å². The minimum atomic E-state index is -4.37. The molecule has 9 nitrogen and oxygen atoms in total. The fourth-order valence-corrected chi connectivity index (χ4v) is 7.35. The number of esters is 2. The van der Waals surface area contributed by atoms with Crippen LogP contribution in [0.3, 0.4) is 0 Å². The summed E-state index contributed by atoms with van der Waals surface area (Å²) in [6, 6.07) is 0. The van der Waals surface area contributed by atoms with E-state index in [1.165, 1.54) is 128 Å². The summed E-state index contributed by atoms with van der Waals surface area (Å²) in [7, 11) is 1.48. The van der Waals surface area contributed by atoms with Crippen molar-refractivity contribution in [2.45, 2.75) is 219 Å². The Morgan fingerprint density at radius 1 is 0.525 bits per heavy atom. The molecular formula is C49H93NO8P+.